The molecule has 1 saturated carbocycles. The first-order valence-corrected chi connectivity index (χ1v) is 14.5. The summed E-state index contributed by atoms with van der Waals surface area (Å²) in [7, 11) is 0. The van der Waals surface area contributed by atoms with Crippen LogP contribution in [0.4, 0.5) is 0 Å². The van der Waals surface area contributed by atoms with Gasteiger partial charge in [0.15, 0.2) is 0 Å². The Morgan fingerprint density at radius 1 is 1.16 bits per heavy atom. The zero-order valence-corrected chi connectivity index (χ0v) is 22.4. The maximum atomic E-state index is 13.2. The molecule has 2 fully saturated rings. The van der Waals surface area contributed by atoms with Crippen molar-refractivity contribution in [1.29, 1.82) is 0 Å². The summed E-state index contributed by atoms with van der Waals surface area (Å²) in [6.45, 7) is 4.44. The van der Waals surface area contributed by atoms with E-state index in [4.69, 9.17) is 4.74 Å². The van der Waals surface area contributed by atoms with E-state index in [1.54, 1.807) is 11.3 Å². The summed E-state index contributed by atoms with van der Waals surface area (Å²) in [6, 6.07) is 16.0. The number of amides is 1. The molecule has 2 atom stereocenters. The van der Waals surface area contributed by atoms with Gasteiger partial charge in [-0.2, -0.15) is 16.4 Å². The Morgan fingerprint density at radius 2 is 1.95 bits per heavy atom. The normalized spacial score (nSPS) is 18.4. The SMILES string of the molecule is C[C@@H](O)CN1CCC(Oc2ccc(-c3n[nH]c4ccc(C(=O)NC(c5ccsc5)C5CC5)cc34)cc2)CC1. The van der Waals surface area contributed by atoms with Crippen LogP contribution in [0.25, 0.3) is 22.2 Å². The van der Waals surface area contributed by atoms with Gasteiger partial charge in [-0.1, -0.05) is 0 Å². The number of aliphatic hydroxyl groups excluding tert-OH is 1. The van der Waals surface area contributed by atoms with Crippen molar-refractivity contribution in [1.82, 2.24) is 20.4 Å². The summed E-state index contributed by atoms with van der Waals surface area (Å²) in [5, 5.41) is 25.7. The number of aliphatic hydroxyl groups is 1. The summed E-state index contributed by atoms with van der Waals surface area (Å²) >= 11 is 1.67. The number of rotatable bonds is 9. The molecule has 2 aliphatic rings. The number of ether oxygens (including phenoxy) is 1. The third-order valence-electron chi connectivity index (χ3n) is 7.59. The van der Waals surface area contributed by atoms with E-state index in [2.05, 4.69) is 37.2 Å². The third-order valence-corrected chi connectivity index (χ3v) is 8.30. The highest BCUT2D eigenvalue weighted by Gasteiger charge is 2.34. The Kier molecular flexibility index (Phi) is 7.19. The summed E-state index contributed by atoms with van der Waals surface area (Å²) in [5.74, 6) is 1.33. The van der Waals surface area contributed by atoms with Crippen molar-refractivity contribution < 1.29 is 14.6 Å². The molecule has 1 aliphatic heterocycles. The number of carbonyl (C=O) groups is 1. The molecule has 2 aromatic carbocycles. The molecule has 4 aromatic rings. The minimum atomic E-state index is -0.297. The summed E-state index contributed by atoms with van der Waals surface area (Å²) in [4.78, 5) is 15.5. The van der Waals surface area contributed by atoms with Gasteiger partial charge in [0.2, 0.25) is 0 Å². The van der Waals surface area contributed by atoms with E-state index in [0.717, 1.165) is 73.2 Å². The highest BCUT2D eigenvalue weighted by atomic mass is 32.1. The quantitative estimate of drug-likeness (QED) is 0.270. The monoisotopic (exact) mass is 530 g/mol. The lowest BCUT2D eigenvalue weighted by atomic mass is 10.0. The van der Waals surface area contributed by atoms with Gasteiger partial charge in [0.1, 0.15) is 11.9 Å². The molecule has 0 radical (unpaired) electrons. The first kappa shape index (κ1) is 25.1. The number of nitrogens with one attached hydrogen (secondary N) is 2. The second-order valence-electron chi connectivity index (χ2n) is 10.7. The van der Waals surface area contributed by atoms with Gasteiger partial charge in [0, 0.05) is 36.1 Å². The maximum Gasteiger partial charge on any atom is 0.251 e. The van der Waals surface area contributed by atoms with E-state index in [-0.39, 0.29) is 24.2 Å². The smallest absolute Gasteiger partial charge is 0.251 e. The first-order chi connectivity index (χ1) is 18.5. The van der Waals surface area contributed by atoms with E-state index in [1.165, 1.54) is 5.56 Å². The number of aromatic amines is 1. The van der Waals surface area contributed by atoms with Crippen LogP contribution in [0.15, 0.2) is 59.3 Å². The molecule has 6 rings (SSSR count). The van der Waals surface area contributed by atoms with E-state index >= 15 is 0 Å². The van der Waals surface area contributed by atoms with E-state index < -0.39 is 0 Å². The molecule has 1 saturated heterocycles. The summed E-state index contributed by atoms with van der Waals surface area (Å²) < 4.78 is 6.24. The maximum absolute atomic E-state index is 13.2. The highest BCUT2D eigenvalue weighted by molar-refractivity contribution is 7.08. The van der Waals surface area contributed by atoms with Gasteiger partial charge in [0.05, 0.1) is 23.4 Å². The number of thiophene rings is 1. The van der Waals surface area contributed by atoms with E-state index in [0.29, 0.717) is 11.5 Å². The van der Waals surface area contributed by atoms with Gasteiger partial charge in [-0.3, -0.25) is 9.89 Å². The van der Waals surface area contributed by atoms with Gasteiger partial charge in [-0.05, 0) is 103 Å². The van der Waals surface area contributed by atoms with Crippen LogP contribution in [-0.2, 0) is 0 Å². The van der Waals surface area contributed by atoms with Crippen molar-refractivity contribution in [3.63, 3.8) is 0 Å². The van der Waals surface area contributed by atoms with Crippen molar-refractivity contribution in [3.8, 4) is 17.0 Å². The highest BCUT2D eigenvalue weighted by Crippen LogP contribution is 2.41. The zero-order valence-electron chi connectivity index (χ0n) is 21.6. The number of likely N-dealkylation sites (tertiary alicyclic amines) is 1. The molecule has 198 valence electrons. The van der Waals surface area contributed by atoms with Crippen LogP contribution in [0.5, 0.6) is 5.75 Å². The van der Waals surface area contributed by atoms with Crippen LogP contribution in [-0.4, -0.2) is 58.0 Å². The molecule has 1 aliphatic carbocycles. The van der Waals surface area contributed by atoms with Crippen LogP contribution in [0.1, 0.15) is 54.6 Å². The lowest BCUT2D eigenvalue weighted by molar-refractivity contribution is 0.0673. The Bertz CT molecular complexity index is 1370. The van der Waals surface area contributed by atoms with Crippen molar-refractivity contribution in [2.45, 2.75) is 50.9 Å². The molecule has 3 heterocycles. The minimum Gasteiger partial charge on any atom is -0.490 e. The Labute approximate surface area is 226 Å². The second-order valence-corrected chi connectivity index (χ2v) is 11.4. The lowest BCUT2D eigenvalue weighted by Gasteiger charge is -2.32. The van der Waals surface area contributed by atoms with E-state index in [1.807, 2.05) is 49.4 Å². The van der Waals surface area contributed by atoms with Crippen molar-refractivity contribution >= 4 is 28.1 Å². The van der Waals surface area contributed by atoms with Crippen LogP contribution < -0.4 is 10.1 Å². The van der Waals surface area contributed by atoms with Gasteiger partial charge in [0.25, 0.3) is 5.91 Å². The predicted molar refractivity (Wildman–Crippen MR) is 151 cm³/mol. The number of H-pyrrole nitrogens is 1. The number of fused-ring (bicyclic) bond motifs is 1. The summed E-state index contributed by atoms with van der Waals surface area (Å²) in [6.07, 6.45) is 4.12. The molecule has 1 unspecified atom stereocenters. The van der Waals surface area contributed by atoms with Crippen molar-refractivity contribution in [3.05, 3.63) is 70.4 Å². The fraction of sp³-hybridized carbons (Fsp3) is 0.400. The van der Waals surface area contributed by atoms with Gasteiger partial charge < -0.3 is 20.1 Å². The summed E-state index contributed by atoms with van der Waals surface area (Å²) in [5.41, 5.74) is 4.54. The average molecular weight is 531 g/mol. The largest absolute Gasteiger partial charge is 0.490 e. The molecule has 7 nitrogen and oxygen atoms in total. The number of hydrogen-bond donors (Lipinski definition) is 3. The van der Waals surface area contributed by atoms with Crippen LogP contribution in [0.2, 0.25) is 0 Å². The Morgan fingerprint density at radius 3 is 2.63 bits per heavy atom. The number of piperidine rings is 1. The van der Waals surface area contributed by atoms with Gasteiger partial charge in [-0.15, -0.1) is 0 Å². The van der Waals surface area contributed by atoms with Crippen molar-refractivity contribution in [2.75, 3.05) is 19.6 Å². The number of aromatic nitrogens is 2. The fourth-order valence-corrected chi connectivity index (χ4v) is 6.12. The number of hydrogen-bond acceptors (Lipinski definition) is 6. The Hall–Kier alpha value is -3.20. The molecule has 0 bridgehead atoms. The number of benzene rings is 2. The number of carbonyl (C=O) groups excluding carboxylic acids is 1. The molecular weight excluding hydrogens is 496 g/mol. The van der Waals surface area contributed by atoms with Crippen LogP contribution in [0, 0.1) is 5.92 Å². The van der Waals surface area contributed by atoms with Crippen LogP contribution >= 0.6 is 11.3 Å². The van der Waals surface area contributed by atoms with E-state index in [9.17, 15) is 9.90 Å². The zero-order chi connectivity index (χ0) is 26.1. The number of nitrogens with zero attached hydrogens (tertiary/aromatic N) is 2. The second kappa shape index (κ2) is 10.9. The molecule has 3 N–H and O–H groups in total. The molecule has 1 amide bonds. The third kappa shape index (κ3) is 5.62. The molecule has 2 aromatic heterocycles. The van der Waals surface area contributed by atoms with Gasteiger partial charge >= 0.3 is 0 Å². The first-order valence-electron chi connectivity index (χ1n) is 13.5. The van der Waals surface area contributed by atoms with Crippen LogP contribution in [0.3, 0.4) is 0 Å². The lowest BCUT2D eigenvalue weighted by Crippen LogP contribution is -2.41. The number of β-amino-alcohol motifs (C(OH)–C–C–N with tert-alkyl or cyclic N) is 1. The predicted octanol–water partition coefficient (Wildman–Crippen LogP) is 5.40. The standard InChI is InChI=1S/C30H34N4O3S/c1-19(35)17-34-13-10-25(11-14-34)37-24-7-4-21(5-8-24)29-26-16-22(6-9-27(26)32-33-29)30(36)31-28(20-2-3-20)23-12-15-38-18-23/h4-9,12,15-16,18-20,25,28,35H,2-3,10-11,13-14,17H2,1H3,(H,31,36)(H,32,33)/t19-,28?/m1/s1. The molecule has 8 heteroatoms. The fourth-order valence-electron chi connectivity index (χ4n) is 5.42. The topological polar surface area (TPSA) is 90.5 Å². The molecule has 0 spiro atoms. The van der Waals surface area contributed by atoms with Gasteiger partial charge in [-0.25, -0.2) is 0 Å². The Balaban J connectivity index is 1.14. The molecule has 38 heavy (non-hydrogen) atoms. The average Bonchev–Trinajstić information content (AvgIpc) is 3.44. The minimum absolute atomic E-state index is 0.0506. The van der Waals surface area contributed by atoms with Crippen molar-refractivity contribution in [2.24, 2.45) is 5.92 Å². The molecular formula is C30H34N4O3S.